The first kappa shape index (κ1) is 29.4. The normalized spacial score (nSPS) is 11.5. The van der Waals surface area contributed by atoms with E-state index in [1.165, 1.54) is 7.11 Å². The molecular weight excluding hydrogens is 546 g/mol. The van der Waals surface area contributed by atoms with Crippen LogP contribution in [0.5, 0.6) is 11.5 Å². The van der Waals surface area contributed by atoms with Gasteiger partial charge in [0.2, 0.25) is 0 Å². The third kappa shape index (κ3) is 6.95. The first-order valence-electron chi connectivity index (χ1n) is 12.7. The summed E-state index contributed by atoms with van der Waals surface area (Å²) in [6.07, 6.45) is 4.87. The molecule has 2 aromatic heterocycles. The Labute approximate surface area is 241 Å². The molecule has 0 aliphatic carbocycles. The quantitative estimate of drug-likeness (QED) is 0.189. The van der Waals surface area contributed by atoms with Crippen molar-refractivity contribution in [1.29, 1.82) is 0 Å². The summed E-state index contributed by atoms with van der Waals surface area (Å²) in [5.74, 6) is 0.702. The molecule has 2 amide bonds. The molecule has 0 saturated carbocycles. The van der Waals surface area contributed by atoms with Gasteiger partial charge in [0.15, 0.2) is 22.8 Å². The molecule has 4 aromatic rings. The summed E-state index contributed by atoms with van der Waals surface area (Å²) in [5, 5.41) is 10.0. The molecule has 0 radical (unpaired) electrons. The van der Waals surface area contributed by atoms with Crippen molar-refractivity contribution in [3.05, 3.63) is 72.1 Å². The highest BCUT2D eigenvalue weighted by Gasteiger charge is 2.22. The Morgan fingerprint density at radius 2 is 1.71 bits per heavy atom. The number of ether oxygens (including phenoxy) is 3. The third-order valence-electron chi connectivity index (χ3n) is 6.31. The van der Waals surface area contributed by atoms with Crippen LogP contribution < -0.4 is 20.1 Å². The number of thioether (sulfide) groups is 1. The number of methoxy groups -OCH3 is 3. The van der Waals surface area contributed by atoms with Crippen molar-refractivity contribution in [2.24, 2.45) is 0 Å². The Hall–Kier alpha value is -4.58. The Kier molecular flexibility index (Phi) is 9.80. The van der Waals surface area contributed by atoms with E-state index in [0.29, 0.717) is 40.5 Å². The summed E-state index contributed by atoms with van der Waals surface area (Å²) < 4.78 is 17.2. The van der Waals surface area contributed by atoms with Crippen LogP contribution >= 0.6 is 11.8 Å². The Bertz CT molecular complexity index is 1540. The second kappa shape index (κ2) is 13.7. The molecule has 12 heteroatoms. The molecule has 0 unspecified atom stereocenters. The van der Waals surface area contributed by atoms with Gasteiger partial charge in [-0.1, -0.05) is 0 Å². The number of esters is 1. The summed E-state index contributed by atoms with van der Waals surface area (Å²) in [6, 6.07) is 14.5. The number of hydrogen-bond donors (Lipinski definition) is 2. The smallest absolute Gasteiger partial charge is 0.328 e. The van der Waals surface area contributed by atoms with Gasteiger partial charge in [-0.25, -0.2) is 14.3 Å². The van der Waals surface area contributed by atoms with Gasteiger partial charge in [-0.3, -0.25) is 9.59 Å². The average molecular weight is 578 g/mol. The lowest BCUT2D eigenvalue weighted by atomic mass is 10.1. The van der Waals surface area contributed by atoms with Crippen LogP contribution in [0.1, 0.15) is 33.7 Å². The van der Waals surface area contributed by atoms with E-state index >= 15 is 0 Å². The Balaban J connectivity index is 1.47. The molecule has 0 saturated heterocycles. The van der Waals surface area contributed by atoms with Gasteiger partial charge in [0.1, 0.15) is 6.04 Å². The number of anilines is 1. The first-order chi connectivity index (χ1) is 19.9. The molecule has 11 nitrogen and oxygen atoms in total. The number of fused-ring (bicyclic) bond motifs is 1. The summed E-state index contributed by atoms with van der Waals surface area (Å²) in [5.41, 5.74) is 2.99. The molecule has 1 atom stereocenters. The van der Waals surface area contributed by atoms with E-state index in [1.54, 1.807) is 79.2 Å². The maximum atomic E-state index is 13.0. The minimum atomic E-state index is -0.730. The highest BCUT2D eigenvalue weighted by molar-refractivity contribution is 7.98. The van der Waals surface area contributed by atoms with Crippen molar-refractivity contribution in [1.82, 2.24) is 19.9 Å². The summed E-state index contributed by atoms with van der Waals surface area (Å²) in [4.78, 5) is 42.2. The van der Waals surface area contributed by atoms with Crippen molar-refractivity contribution >= 4 is 40.9 Å². The van der Waals surface area contributed by atoms with Crippen LogP contribution in [0.15, 0.2) is 60.8 Å². The molecule has 41 heavy (non-hydrogen) atoms. The van der Waals surface area contributed by atoms with Gasteiger partial charge in [0.05, 0.1) is 27.0 Å². The van der Waals surface area contributed by atoms with Crippen molar-refractivity contribution in [3.63, 3.8) is 0 Å². The fourth-order valence-electron chi connectivity index (χ4n) is 4.18. The molecule has 2 aromatic carbocycles. The fraction of sp³-hybridized carbons (Fsp3) is 0.276. The lowest BCUT2D eigenvalue weighted by Crippen LogP contribution is -2.41. The second-order valence-corrected chi connectivity index (χ2v) is 9.90. The van der Waals surface area contributed by atoms with Gasteiger partial charge in [0, 0.05) is 29.1 Å². The summed E-state index contributed by atoms with van der Waals surface area (Å²) in [7, 11) is 4.42. The zero-order valence-corrected chi connectivity index (χ0v) is 24.0. The van der Waals surface area contributed by atoms with Gasteiger partial charge in [-0.15, -0.1) is 0 Å². The molecule has 2 heterocycles. The van der Waals surface area contributed by atoms with Gasteiger partial charge in [-0.2, -0.15) is 16.9 Å². The monoisotopic (exact) mass is 577 g/mol. The minimum absolute atomic E-state index is 0.165. The zero-order chi connectivity index (χ0) is 29.4. The van der Waals surface area contributed by atoms with Gasteiger partial charge >= 0.3 is 5.97 Å². The molecule has 0 fully saturated rings. The predicted octanol–water partition coefficient (Wildman–Crippen LogP) is 4.08. The first-order valence-corrected chi connectivity index (χ1v) is 14.1. The molecule has 0 aliphatic heterocycles. The van der Waals surface area contributed by atoms with Crippen LogP contribution in [0, 0.1) is 0 Å². The lowest BCUT2D eigenvalue weighted by molar-refractivity contribution is -0.143. The third-order valence-corrected chi connectivity index (χ3v) is 7.00. The van der Waals surface area contributed by atoms with Crippen LogP contribution in [0.2, 0.25) is 0 Å². The number of nitrogens with zero attached hydrogens (tertiary/aromatic N) is 3. The number of carbonyl (C=O) groups excluding carboxylic acids is 3. The highest BCUT2D eigenvalue weighted by Crippen LogP contribution is 2.32. The zero-order valence-electron chi connectivity index (χ0n) is 23.2. The topological polar surface area (TPSA) is 133 Å². The predicted molar refractivity (Wildman–Crippen MR) is 157 cm³/mol. The fourth-order valence-corrected chi connectivity index (χ4v) is 4.64. The lowest BCUT2D eigenvalue weighted by Gasteiger charge is -2.16. The van der Waals surface area contributed by atoms with E-state index < -0.39 is 23.8 Å². The summed E-state index contributed by atoms with van der Waals surface area (Å²) >= 11 is 1.67. The number of aromatic nitrogens is 3. The van der Waals surface area contributed by atoms with E-state index in [4.69, 9.17) is 14.2 Å². The second-order valence-electron chi connectivity index (χ2n) is 8.92. The molecule has 2 N–H and O–H groups in total. The van der Waals surface area contributed by atoms with Crippen LogP contribution in [-0.2, 0) is 9.53 Å². The highest BCUT2D eigenvalue weighted by atomic mass is 32.2. The maximum absolute atomic E-state index is 13.0. The van der Waals surface area contributed by atoms with Crippen LogP contribution in [0.25, 0.3) is 16.9 Å². The van der Waals surface area contributed by atoms with E-state index in [1.807, 2.05) is 18.4 Å². The number of nitrogens with one attached hydrogen (secondary N) is 2. The van der Waals surface area contributed by atoms with Crippen molar-refractivity contribution in [2.45, 2.75) is 18.9 Å². The van der Waals surface area contributed by atoms with Crippen LogP contribution in [-0.4, -0.2) is 71.8 Å². The number of amides is 2. The average Bonchev–Trinajstić information content (AvgIpc) is 3.45. The maximum Gasteiger partial charge on any atom is 0.328 e. The van der Waals surface area contributed by atoms with Gasteiger partial charge in [-0.05, 0) is 73.4 Å². The van der Waals surface area contributed by atoms with E-state index in [2.05, 4.69) is 20.7 Å². The van der Waals surface area contributed by atoms with Gasteiger partial charge in [0.25, 0.3) is 11.8 Å². The number of rotatable bonds is 12. The van der Waals surface area contributed by atoms with Crippen LogP contribution in [0.4, 0.5) is 5.69 Å². The standard InChI is InChI=1S/C29H31N5O6S/c1-38-24-12-9-19(16-25(24)39-2)23-13-14-30-26-17-22(33-34(23)26)28(36)31-20-10-7-18(8-11-20)27(35)32-21(29(37)40-3)6-5-15-41-4/h7-14,16-17,21H,5-6,15H2,1-4H3,(H,31,36)(H,32,35)/t21-/m0/s1. The summed E-state index contributed by atoms with van der Waals surface area (Å²) in [6.45, 7) is 0. The van der Waals surface area contributed by atoms with E-state index in [0.717, 1.165) is 17.7 Å². The molecule has 4 rings (SSSR count). The molecule has 0 aliphatic rings. The Morgan fingerprint density at radius 3 is 2.39 bits per heavy atom. The molecule has 0 bridgehead atoms. The van der Waals surface area contributed by atoms with Crippen molar-refractivity contribution in [3.8, 4) is 22.8 Å². The molecule has 0 spiro atoms. The molecular formula is C29H31N5O6S. The van der Waals surface area contributed by atoms with Gasteiger partial charge < -0.3 is 24.8 Å². The van der Waals surface area contributed by atoms with Crippen LogP contribution in [0.3, 0.4) is 0 Å². The van der Waals surface area contributed by atoms with Crippen molar-refractivity contribution < 1.29 is 28.6 Å². The SMILES string of the molecule is COC(=O)[C@H](CCCSC)NC(=O)c1ccc(NC(=O)c2cc3nccc(-c4ccc(OC)c(OC)c4)n3n2)cc1. The van der Waals surface area contributed by atoms with E-state index in [-0.39, 0.29) is 5.69 Å². The largest absolute Gasteiger partial charge is 0.493 e. The number of hydrogen-bond acceptors (Lipinski definition) is 9. The van der Waals surface area contributed by atoms with E-state index in [9.17, 15) is 14.4 Å². The Morgan fingerprint density at radius 1 is 0.951 bits per heavy atom. The van der Waals surface area contributed by atoms with Crippen molar-refractivity contribution in [2.75, 3.05) is 38.7 Å². The molecule has 214 valence electrons. The number of benzene rings is 2. The minimum Gasteiger partial charge on any atom is -0.493 e. The number of carbonyl (C=O) groups is 3.